The van der Waals surface area contributed by atoms with E-state index in [2.05, 4.69) is 20.5 Å². The van der Waals surface area contributed by atoms with Crippen LogP contribution >= 0.6 is 11.3 Å². The van der Waals surface area contributed by atoms with Gasteiger partial charge in [-0.1, -0.05) is 11.3 Å². The van der Waals surface area contributed by atoms with Crippen molar-refractivity contribution >= 4 is 48.4 Å². The van der Waals surface area contributed by atoms with Crippen LogP contribution in [-0.2, 0) is 23.8 Å². The van der Waals surface area contributed by atoms with E-state index in [0.29, 0.717) is 55.5 Å². The van der Waals surface area contributed by atoms with E-state index in [1.54, 1.807) is 7.11 Å². The van der Waals surface area contributed by atoms with Crippen LogP contribution < -0.4 is 20.3 Å². The Morgan fingerprint density at radius 1 is 1.31 bits per heavy atom. The van der Waals surface area contributed by atoms with Gasteiger partial charge in [-0.3, -0.25) is 14.3 Å². The van der Waals surface area contributed by atoms with Crippen molar-refractivity contribution in [3.05, 3.63) is 12.1 Å². The quantitative estimate of drug-likeness (QED) is 0.563. The number of piperidine rings is 1. The van der Waals surface area contributed by atoms with Gasteiger partial charge in [0.25, 0.3) is 16.0 Å². The average molecular weight is 485 g/mol. The first-order valence-electron chi connectivity index (χ1n) is 10.6. The molecule has 10 nitrogen and oxygen atoms in total. The topological polar surface area (TPSA) is 119 Å². The molecule has 1 aromatic carbocycles. The summed E-state index contributed by atoms with van der Waals surface area (Å²) in [6.07, 6.45) is 1.18. The summed E-state index contributed by atoms with van der Waals surface area (Å²) in [7, 11) is -2.23. The molecule has 2 fully saturated rings. The highest BCUT2D eigenvalue weighted by Gasteiger charge is 2.34. The largest absolute Gasteiger partial charge is 0.494 e. The summed E-state index contributed by atoms with van der Waals surface area (Å²) in [6, 6.07) is 3.85. The number of fused-ring (bicyclic) bond motifs is 1. The molecule has 3 heterocycles. The molecule has 1 atom stereocenters. The Hall–Kier alpha value is -1.99. The number of anilines is 2. The van der Waals surface area contributed by atoms with Crippen LogP contribution in [0.1, 0.15) is 12.8 Å². The molecule has 2 saturated heterocycles. The van der Waals surface area contributed by atoms with Crippen LogP contribution in [0.3, 0.4) is 0 Å². The van der Waals surface area contributed by atoms with Crippen LogP contribution in [0, 0.1) is 5.92 Å². The minimum Gasteiger partial charge on any atom is -0.494 e. The highest BCUT2D eigenvalue weighted by Crippen LogP contribution is 2.39. The van der Waals surface area contributed by atoms with Crippen molar-refractivity contribution in [1.82, 2.24) is 10.3 Å². The number of nitrogens with one attached hydrogen (secondary N) is 2. The van der Waals surface area contributed by atoms with E-state index in [1.165, 1.54) is 11.3 Å². The van der Waals surface area contributed by atoms with Gasteiger partial charge in [-0.25, -0.2) is 4.98 Å². The number of thiazole rings is 1. The Morgan fingerprint density at radius 2 is 2.03 bits per heavy atom. The van der Waals surface area contributed by atoms with Crippen LogP contribution in [0.25, 0.3) is 10.2 Å². The van der Waals surface area contributed by atoms with E-state index >= 15 is 0 Å². The minimum atomic E-state index is -3.80. The average Bonchev–Trinajstić information content (AvgIpc) is 3.21. The van der Waals surface area contributed by atoms with Gasteiger partial charge >= 0.3 is 0 Å². The lowest BCUT2D eigenvalue weighted by Gasteiger charge is -2.29. The molecule has 2 aromatic rings. The number of ether oxygens (including phenoxy) is 2. The predicted octanol–water partition coefficient (Wildman–Crippen LogP) is 1.42. The molecule has 2 aliphatic heterocycles. The number of hydrogen-bond acceptors (Lipinski definition) is 10. The zero-order valence-corrected chi connectivity index (χ0v) is 19.8. The first-order chi connectivity index (χ1) is 15.4. The highest BCUT2D eigenvalue weighted by atomic mass is 32.2. The monoisotopic (exact) mass is 484 g/mol. The van der Waals surface area contributed by atoms with Crippen molar-refractivity contribution in [3.8, 4) is 5.75 Å². The molecule has 0 saturated carbocycles. The minimum absolute atomic E-state index is 0.196. The van der Waals surface area contributed by atoms with Crippen LogP contribution in [0.2, 0.25) is 0 Å². The molecule has 4 rings (SSSR count). The number of benzene rings is 1. The first kappa shape index (κ1) is 23.2. The maximum absolute atomic E-state index is 13.1. The van der Waals surface area contributed by atoms with Crippen molar-refractivity contribution < 1.29 is 26.9 Å². The molecule has 0 aliphatic carbocycles. The molecule has 2 aliphatic rings. The first-order valence-corrected chi connectivity index (χ1v) is 13.2. The van der Waals surface area contributed by atoms with Gasteiger partial charge in [0.1, 0.15) is 11.3 Å². The molecule has 1 unspecified atom stereocenters. The number of carbonyl (C=O) groups excluding carboxylic acids is 1. The molecule has 1 aromatic heterocycles. The summed E-state index contributed by atoms with van der Waals surface area (Å²) in [5.74, 6) is -0.0943. The Bertz CT molecular complexity index is 1060. The second-order valence-corrected chi connectivity index (χ2v) is 10.5. The maximum atomic E-state index is 13.1. The lowest BCUT2D eigenvalue weighted by molar-refractivity contribution is -0.125. The van der Waals surface area contributed by atoms with Crippen molar-refractivity contribution in [2.24, 2.45) is 5.92 Å². The van der Waals surface area contributed by atoms with E-state index in [4.69, 9.17) is 13.7 Å². The Kier molecular flexibility index (Phi) is 7.15. The summed E-state index contributed by atoms with van der Waals surface area (Å²) < 4.78 is 40.7. The lowest BCUT2D eigenvalue weighted by Crippen LogP contribution is -2.43. The fourth-order valence-electron chi connectivity index (χ4n) is 4.09. The van der Waals surface area contributed by atoms with Gasteiger partial charge < -0.3 is 19.7 Å². The number of hydrogen-bond donors (Lipinski definition) is 2. The van der Waals surface area contributed by atoms with Crippen molar-refractivity contribution in [2.45, 2.75) is 18.9 Å². The fraction of sp³-hybridized carbons (Fsp3) is 0.600. The summed E-state index contributed by atoms with van der Waals surface area (Å²) in [4.78, 5) is 19.9. The third kappa shape index (κ3) is 5.31. The van der Waals surface area contributed by atoms with Crippen LogP contribution in [0.15, 0.2) is 12.1 Å². The second-order valence-electron chi connectivity index (χ2n) is 7.88. The SMILES string of the molecule is COc1ccc(N2CCOCC2)c2sc(NC(=O)C(OS(C)(=O)=O)C3CCNCC3)nc12. The van der Waals surface area contributed by atoms with Crippen LogP contribution in [0.4, 0.5) is 10.8 Å². The molecule has 176 valence electrons. The number of amides is 1. The molecule has 2 N–H and O–H groups in total. The highest BCUT2D eigenvalue weighted by molar-refractivity contribution is 7.86. The molecular formula is C20H28N4O6S2. The lowest BCUT2D eigenvalue weighted by atomic mass is 9.92. The number of carbonyl (C=O) groups is 1. The molecule has 0 radical (unpaired) electrons. The molecule has 0 spiro atoms. The van der Waals surface area contributed by atoms with E-state index in [1.807, 2.05) is 12.1 Å². The summed E-state index contributed by atoms with van der Waals surface area (Å²) in [5, 5.41) is 6.38. The summed E-state index contributed by atoms with van der Waals surface area (Å²) in [6.45, 7) is 4.25. The normalized spacial score (nSPS) is 19.1. The maximum Gasteiger partial charge on any atom is 0.265 e. The molecule has 0 bridgehead atoms. The van der Waals surface area contributed by atoms with Gasteiger partial charge in [-0.05, 0) is 44.0 Å². The smallest absolute Gasteiger partial charge is 0.265 e. The Morgan fingerprint density at radius 3 is 2.69 bits per heavy atom. The van der Waals surface area contributed by atoms with Crippen molar-refractivity contribution in [3.63, 3.8) is 0 Å². The standard InChI is InChI=1S/C20H28N4O6S2/c1-28-15-4-3-14(24-9-11-29-12-10-24)18-16(15)22-20(31-18)23-19(25)17(30-32(2,26)27)13-5-7-21-8-6-13/h3-4,13,17,21H,5-12H2,1-2H3,(H,22,23,25). The van der Waals surface area contributed by atoms with Crippen molar-refractivity contribution in [2.75, 3.05) is 63.0 Å². The Labute approximate surface area is 191 Å². The van der Waals surface area contributed by atoms with E-state index in [0.717, 1.165) is 29.7 Å². The summed E-state index contributed by atoms with van der Waals surface area (Å²) in [5.41, 5.74) is 1.66. The number of morpholine rings is 1. The van der Waals surface area contributed by atoms with Crippen LogP contribution in [0.5, 0.6) is 5.75 Å². The van der Waals surface area contributed by atoms with Gasteiger partial charge in [0, 0.05) is 13.1 Å². The number of rotatable bonds is 7. The Balaban J connectivity index is 1.62. The predicted molar refractivity (Wildman–Crippen MR) is 123 cm³/mol. The number of methoxy groups -OCH3 is 1. The number of nitrogens with zero attached hydrogens (tertiary/aromatic N) is 2. The summed E-state index contributed by atoms with van der Waals surface area (Å²) >= 11 is 1.33. The van der Waals surface area contributed by atoms with E-state index < -0.39 is 22.1 Å². The fourth-order valence-corrected chi connectivity index (χ4v) is 5.74. The second kappa shape index (κ2) is 9.87. The molecule has 1 amide bonds. The molecular weight excluding hydrogens is 456 g/mol. The van der Waals surface area contributed by atoms with Gasteiger partial charge in [0.05, 0.1) is 37.0 Å². The van der Waals surface area contributed by atoms with Gasteiger partial charge in [0.2, 0.25) is 0 Å². The van der Waals surface area contributed by atoms with Crippen molar-refractivity contribution in [1.29, 1.82) is 0 Å². The number of aromatic nitrogens is 1. The van der Waals surface area contributed by atoms with Gasteiger partial charge in [-0.2, -0.15) is 8.42 Å². The molecule has 32 heavy (non-hydrogen) atoms. The zero-order chi connectivity index (χ0) is 22.7. The third-order valence-electron chi connectivity index (χ3n) is 5.64. The molecule has 12 heteroatoms. The van der Waals surface area contributed by atoms with Gasteiger partial charge in [-0.15, -0.1) is 0 Å². The van der Waals surface area contributed by atoms with Gasteiger partial charge in [0.15, 0.2) is 11.2 Å². The third-order valence-corrected chi connectivity index (χ3v) is 7.19. The van der Waals surface area contributed by atoms with Crippen LogP contribution in [-0.4, -0.2) is 78.2 Å². The van der Waals surface area contributed by atoms with E-state index in [-0.39, 0.29) is 5.92 Å². The zero-order valence-electron chi connectivity index (χ0n) is 18.1. The van der Waals surface area contributed by atoms with E-state index in [9.17, 15) is 13.2 Å².